The lowest BCUT2D eigenvalue weighted by Crippen LogP contribution is -2.45. The molecule has 126 valence electrons. The molecule has 0 fully saturated rings. The predicted molar refractivity (Wildman–Crippen MR) is 87.0 cm³/mol. The number of aliphatic carboxylic acids is 1. The minimum Gasteiger partial charge on any atom is -0.480 e. The van der Waals surface area contributed by atoms with Crippen molar-refractivity contribution < 1.29 is 19.5 Å². The lowest BCUT2D eigenvalue weighted by Gasteiger charge is -2.20. The summed E-state index contributed by atoms with van der Waals surface area (Å²) in [6, 6.07) is 7.95. The Balaban J connectivity index is 2.31. The van der Waals surface area contributed by atoms with E-state index in [9.17, 15) is 14.4 Å². The summed E-state index contributed by atoms with van der Waals surface area (Å²) in [5.41, 5.74) is 0.569. The van der Waals surface area contributed by atoms with Crippen molar-refractivity contribution in [2.24, 2.45) is 5.92 Å². The molecule has 2 atom stereocenters. The Hall–Kier alpha value is -2.37. The van der Waals surface area contributed by atoms with Crippen molar-refractivity contribution in [1.82, 2.24) is 10.6 Å². The van der Waals surface area contributed by atoms with Crippen molar-refractivity contribution in [1.29, 1.82) is 0 Å². The molecule has 1 rings (SSSR count). The van der Waals surface area contributed by atoms with Crippen LogP contribution in [-0.4, -0.2) is 35.5 Å². The third-order valence-electron chi connectivity index (χ3n) is 3.70. The van der Waals surface area contributed by atoms with Crippen LogP contribution in [0.4, 0.5) is 0 Å². The van der Waals surface area contributed by atoms with Crippen LogP contribution in [0.5, 0.6) is 0 Å². The van der Waals surface area contributed by atoms with Crippen LogP contribution in [0.3, 0.4) is 0 Å². The zero-order valence-electron chi connectivity index (χ0n) is 13.5. The Kier molecular flexibility index (Phi) is 7.80. The van der Waals surface area contributed by atoms with E-state index in [0.717, 1.165) is 0 Å². The van der Waals surface area contributed by atoms with Crippen molar-refractivity contribution in [3.8, 4) is 0 Å². The lowest BCUT2D eigenvalue weighted by atomic mass is 9.99. The molecule has 2 amide bonds. The van der Waals surface area contributed by atoms with E-state index >= 15 is 0 Å². The standard InChI is InChI=1S/C17H24N2O4/c1-3-12(2)15(17(22)23)19-14(20)10-7-11-18-16(21)13-8-5-4-6-9-13/h4-6,8-9,12,15H,3,7,10-11H2,1-2H3,(H,18,21)(H,19,20)(H,22,23)/t12-,15-/m0/s1. The van der Waals surface area contributed by atoms with Gasteiger partial charge in [-0.2, -0.15) is 0 Å². The van der Waals surface area contributed by atoms with Crippen LogP contribution in [0.25, 0.3) is 0 Å². The van der Waals surface area contributed by atoms with Gasteiger partial charge in [0.05, 0.1) is 0 Å². The number of amides is 2. The topological polar surface area (TPSA) is 95.5 Å². The van der Waals surface area contributed by atoms with Gasteiger partial charge in [-0.1, -0.05) is 38.5 Å². The Bertz CT molecular complexity index is 531. The number of rotatable bonds is 9. The maximum atomic E-state index is 11.8. The van der Waals surface area contributed by atoms with Gasteiger partial charge in [-0.05, 0) is 24.5 Å². The van der Waals surface area contributed by atoms with Gasteiger partial charge in [-0.15, -0.1) is 0 Å². The summed E-state index contributed by atoms with van der Waals surface area (Å²) in [6.07, 6.45) is 1.30. The average molecular weight is 320 g/mol. The van der Waals surface area contributed by atoms with Crippen LogP contribution in [0.2, 0.25) is 0 Å². The van der Waals surface area contributed by atoms with Gasteiger partial charge in [0.2, 0.25) is 5.91 Å². The van der Waals surface area contributed by atoms with Gasteiger partial charge < -0.3 is 15.7 Å². The van der Waals surface area contributed by atoms with E-state index in [1.807, 2.05) is 13.0 Å². The Morgan fingerprint density at radius 3 is 2.39 bits per heavy atom. The summed E-state index contributed by atoms with van der Waals surface area (Å²) in [6.45, 7) is 4.03. The minimum atomic E-state index is -1.02. The molecule has 0 aliphatic carbocycles. The number of hydrogen-bond acceptors (Lipinski definition) is 3. The fourth-order valence-electron chi connectivity index (χ4n) is 2.07. The fourth-order valence-corrected chi connectivity index (χ4v) is 2.07. The molecule has 0 radical (unpaired) electrons. The largest absolute Gasteiger partial charge is 0.480 e. The molecule has 23 heavy (non-hydrogen) atoms. The summed E-state index contributed by atoms with van der Waals surface area (Å²) in [7, 11) is 0. The number of carbonyl (C=O) groups excluding carboxylic acids is 2. The number of hydrogen-bond donors (Lipinski definition) is 3. The molecule has 0 heterocycles. The van der Waals surface area contributed by atoms with E-state index in [4.69, 9.17) is 5.11 Å². The van der Waals surface area contributed by atoms with Crippen molar-refractivity contribution in [3.05, 3.63) is 35.9 Å². The summed E-state index contributed by atoms with van der Waals surface area (Å²) in [5, 5.41) is 14.4. The van der Waals surface area contributed by atoms with E-state index in [1.54, 1.807) is 31.2 Å². The highest BCUT2D eigenvalue weighted by Crippen LogP contribution is 2.08. The SMILES string of the molecule is CC[C@H](C)[C@H](NC(=O)CCCNC(=O)c1ccccc1)C(=O)O. The molecule has 0 unspecified atom stereocenters. The molecule has 6 heteroatoms. The third-order valence-corrected chi connectivity index (χ3v) is 3.70. The summed E-state index contributed by atoms with van der Waals surface area (Å²) < 4.78 is 0. The molecule has 0 aliphatic heterocycles. The van der Waals surface area contributed by atoms with E-state index in [0.29, 0.717) is 24.9 Å². The number of benzene rings is 1. The van der Waals surface area contributed by atoms with Crippen LogP contribution in [-0.2, 0) is 9.59 Å². The first-order valence-corrected chi connectivity index (χ1v) is 7.81. The monoisotopic (exact) mass is 320 g/mol. The van der Waals surface area contributed by atoms with E-state index in [2.05, 4.69) is 10.6 Å². The van der Waals surface area contributed by atoms with Crippen molar-refractivity contribution in [2.45, 2.75) is 39.2 Å². The highest BCUT2D eigenvalue weighted by molar-refractivity contribution is 5.94. The molecule has 0 saturated heterocycles. The van der Waals surface area contributed by atoms with Crippen LogP contribution in [0.1, 0.15) is 43.5 Å². The van der Waals surface area contributed by atoms with E-state index < -0.39 is 12.0 Å². The average Bonchev–Trinajstić information content (AvgIpc) is 2.56. The van der Waals surface area contributed by atoms with Crippen LogP contribution in [0.15, 0.2) is 30.3 Å². The van der Waals surface area contributed by atoms with E-state index in [-0.39, 0.29) is 24.2 Å². The van der Waals surface area contributed by atoms with Crippen molar-refractivity contribution in [2.75, 3.05) is 6.54 Å². The highest BCUT2D eigenvalue weighted by Gasteiger charge is 2.24. The molecule has 0 saturated carbocycles. The smallest absolute Gasteiger partial charge is 0.326 e. The second-order valence-electron chi connectivity index (χ2n) is 5.49. The molecule has 0 bridgehead atoms. The zero-order chi connectivity index (χ0) is 17.2. The maximum Gasteiger partial charge on any atom is 0.326 e. The molecule has 1 aromatic rings. The lowest BCUT2D eigenvalue weighted by molar-refractivity contribution is -0.143. The van der Waals surface area contributed by atoms with Crippen molar-refractivity contribution >= 4 is 17.8 Å². The number of carboxylic acid groups (broad SMARTS) is 1. The molecule has 6 nitrogen and oxygen atoms in total. The first-order valence-electron chi connectivity index (χ1n) is 7.81. The minimum absolute atomic E-state index is 0.130. The maximum absolute atomic E-state index is 11.8. The van der Waals surface area contributed by atoms with Crippen molar-refractivity contribution in [3.63, 3.8) is 0 Å². The van der Waals surface area contributed by atoms with Gasteiger partial charge in [-0.3, -0.25) is 9.59 Å². The predicted octanol–water partition coefficient (Wildman–Crippen LogP) is 1.81. The number of carboxylic acids is 1. The third kappa shape index (κ3) is 6.50. The summed E-state index contributed by atoms with van der Waals surface area (Å²) in [4.78, 5) is 34.7. The first kappa shape index (κ1) is 18.7. The number of carbonyl (C=O) groups is 3. The molecule has 0 aliphatic rings. The normalized spacial score (nSPS) is 13.0. The molecule has 3 N–H and O–H groups in total. The van der Waals surface area contributed by atoms with Gasteiger partial charge >= 0.3 is 5.97 Å². The van der Waals surface area contributed by atoms with Crippen LogP contribution < -0.4 is 10.6 Å². The Labute approximate surface area is 136 Å². The second kappa shape index (κ2) is 9.61. The molecular formula is C17H24N2O4. The fraction of sp³-hybridized carbons (Fsp3) is 0.471. The Morgan fingerprint density at radius 1 is 1.17 bits per heavy atom. The first-order chi connectivity index (χ1) is 11.0. The molecule has 1 aromatic carbocycles. The zero-order valence-corrected chi connectivity index (χ0v) is 13.5. The Morgan fingerprint density at radius 2 is 1.83 bits per heavy atom. The summed E-state index contributed by atoms with van der Waals surface area (Å²) >= 11 is 0. The molecule has 0 aromatic heterocycles. The second-order valence-corrected chi connectivity index (χ2v) is 5.49. The highest BCUT2D eigenvalue weighted by atomic mass is 16.4. The molecule has 0 spiro atoms. The van der Waals surface area contributed by atoms with Gasteiger partial charge in [0, 0.05) is 18.5 Å². The van der Waals surface area contributed by atoms with E-state index in [1.165, 1.54) is 0 Å². The molecular weight excluding hydrogens is 296 g/mol. The quantitative estimate of drug-likeness (QED) is 0.605. The van der Waals surface area contributed by atoms with Gasteiger partial charge in [0.25, 0.3) is 5.91 Å². The van der Waals surface area contributed by atoms with Gasteiger partial charge in [0.1, 0.15) is 6.04 Å². The van der Waals surface area contributed by atoms with Gasteiger partial charge in [-0.25, -0.2) is 4.79 Å². The van der Waals surface area contributed by atoms with Crippen LogP contribution >= 0.6 is 0 Å². The van der Waals surface area contributed by atoms with Gasteiger partial charge in [0.15, 0.2) is 0 Å². The number of nitrogens with one attached hydrogen (secondary N) is 2. The summed E-state index contributed by atoms with van der Waals surface area (Å²) in [5.74, 6) is -1.65. The van der Waals surface area contributed by atoms with Crippen LogP contribution in [0, 0.1) is 5.92 Å².